The lowest BCUT2D eigenvalue weighted by Gasteiger charge is -2.12. The predicted molar refractivity (Wildman–Crippen MR) is 66.7 cm³/mol. The van der Waals surface area contributed by atoms with Crippen molar-refractivity contribution in [3.63, 3.8) is 0 Å². The van der Waals surface area contributed by atoms with Gasteiger partial charge in [0.1, 0.15) is 0 Å². The second-order valence-corrected chi connectivity index (χ2v) is 7.60. The molecule has 11 heavy (non-hydrogen) atoms. The van der Waals surface area contributed by atoms with Gasteiger partial charge in [-0.05, 0) is 5.56 Å². The molecule has 0 nitrogen and oxygen atoms in total. The molecule has 0 amide bonds. The maximum atomic E-state index is 2.46. The van der Waals surface area contributed by atoms with Gasteiger partial charge < -0.3 is 0 Å². The first-order valence-corrected chi connectivity index (χ1v) is 6.04. The Morgan fingerprint density at radius 3 is 2.09 bits per heavy atom. The predicted octanol–water partition coefficient (Wildman–Crippen LogP) is 3.99. The van der Waals surface area contributed by atoms with Crippen LogP contribution in [0.1, 0.15) is 18.4 Å². The van der Waals surface area contributed by atoms with E-state index in [-0.39, 0.29) is 0 Å². The van der Waals surface area contributed by atoms with Crippen LogP contribution in [-0.4, -0.2) is 1.93 Å². The minimum atomic E-state index is 0.650. The molecule has 1 aromatic rings. The Hall–Kier alpha value is 0.680. The largest absolute Gasteiger partial charge is 0.0703 e. The van der Waals surface area contributed by atoms with Crippen molar-refractivity contribution in [1.29, 1.82) is 0 Å². The van der Waals surface area contributed by atoms with E-state index in [1.165, 1.54) is 5.56 Å². The molecule has 1 atom stereocenters. The lowest BCUT2D eigenvalue weighted by atomic mass is 10.0. The van der Waals surface area contributed by atoms with Crippen LogP contribution in [0.2, 0.25) is 0 Å². The summed E-state index contributed by atoms with van der Waals surface area (Å²) >= 11 is 4.92. The fourth-order valence-electron chi connectivity index (χ4n) is 0.902. The zero-order valence-electron chi connectivity index (χ0n) is 6.30. The second kappa shape index (κ2) is 4.64. The van der Waals surface area contributed by atoms with Gasteiger partial charge >= 0.3 is 0 Å². The molecule has 0 aliphatic heterocycles. The van der Waals surface area contributed by atoms with E-state index in [1.54, 1.807) is 0 Å². The molecule has 0 N–H and O–H groups in total. The van der Waals surface area contributed by atoms with Crippen LogP contribution < -0.4 is 0 Å². The Labute approximate surface area is 95.0 Å². The van der Waals surface area contributed by atoms with Gasteiger partial charge in [-0.15, -0.1) is 0 Å². The molecule has 60 valence electrons. The van der Waals surface area contributed by atoms with Crippen molar-refractivity contribution in [3.05, 3.63) is 35.9 Å². The first-order chi connectivity index (χ1) is 5.22. The van der Waals surface area contributed by atoms with Crippen LogP contribution in [0.15, 0.2) is 30.3 Å². The summed E-state index contributed by atoms with van der Waals surface area (Å²) in [5.74, 6) is 0.650. The fraction of sp³-hybridized carbons (Fsp3) is 0.333. The van der Waals surface area contributed by atoms with Crippen LogP contribution in [-0.2, 0) is 0 Å². The highest BCUT2D eigenvalue weighted by molar-refractivity contribution is 14.2. The first-order valence-electron chi connectivity index (χ1n) is 3.55. The summed E-state index contributed by atoms with van der Waals surface area (Å²) in [5.41, 5.74) is 1.43. The van der Waals surface area contributed by atoms with E-state index in [0.717, 1.165) is 0 Å². The number of alkyl halides is 2. The van der Waals surface area contributed by atoms with E-state index in [0.29, 0.717) is 7.85 Å². The second-order valence-electron chi connectivity index (χ2n) is 2.53. The fourth-order valence-corrected chi connectivity index (χ4v) is 1.73. The van der Waals surface area contributed by atoms with Gasteiger partial charge in [-0.2, -0.15) is 0 Å². The molecule has 0 spiro atoms. The van der Waals surface area contributed by atoms with E-state index in [4.69, 9.17) is 0 Å². The molecular weight excluding hydrogens is 362 g/mol. The lowest BCUT2D eigenvalue weighted by Crippen LogP contribution is -2.00. The summed E-state index contributed by atoms with van der Waals surface area (Å²) in [6.07, 6.45) is 0. The molecule has 0 heterocycles. The van der Waals surface area contributed by atoms with Crippen molar-refractivity contribution in [1.82, 2.24) is 0 Å². The van der Waals surface area contributed by atoms with Gasteiger partial charge in [0.05, 0.1) is 1.93 Å². The number of hydrogen-bond acceptors (Lipinski definition) is 0. The van der Waals surface area contributed by atoms with Crippen LogP contribution in [0.4, 0.5) is 0 Å². The minimum Gasteiger partial charge on any atom is -0.0703 e. The Bertz CT molecular complexity index is 206. The standard InChI is InChI=1S/C9H10I2/c1-7(9(10)11)8-5-3-2-4-6-8/h2-7,9H,1H3. The molecule has 0 aliphatic rings. The summed E-state index contributed by atoms with van der Waals surface area (Å²) in [7, 11) is 0. The van der Waals surface area contributed by atoms with E-state index in [1.807, 2.05) is 0 Å². The molecule has 0 saturated heterocycles. The number of halogens is 2. The number of benzene rings is 1. The monoisotopic (exact) mass is 372 g/mol. The molecule has 0 saturated carbocycles. The average Bonchev–Trinajstić information content (AvgIpc) is 2.05. The van der Waals surface area contributed by atoms with Gasteiger partial charge in [0.2, 0.25) is 0 Å². The molecule has 1 rings (SSSR count). The molecule has 0 fully saturated rings. The van der Waals surface area contributed by atoms with E-state index >= 15 is 0 Å². The maximum absolute atomic E-state index is 2.46. The van der Waals surface area contributed by atoms with Crippen molar-refractivity contribution in [3.8, 4) is 0 Å². The van der Waals surface area contributed by atoms with E-state index in [9.17, 15) is 0 Å². The van der Waals surface area contributed by atoms with Gasteiger partial charge in [0.25, 0.3) is 0 Å². The van der Waals surface area contributed by atoms with Crippen molar-refractivity contribution in [2.75, 3.05) is 0 Å². The third-order valence-electron chi connectivity index (χ3n) is 1.70. The van der Waals surface area contributed by atoms with Gasteiger partial charge in [-0.1, -0.05) is 82.4 Å². The summed E-state index contributed by atoms with van der Waals surface area (Å²) < 4.78 is 0.674. The SMILES string of the molecule is CC(c1ccccc1)C(I)I. The third-order valence-corrected chi connectivity index (χ3v) is 3.86. The number of rotatable bonds is 2. The quantitative estimate of drug-likeness (QED) is 0.544. The zero-order valence-corrected chi connectivity index (χ0v) is 10.6. The average molecular weight is 372 g/mol. The molecule has 0 aliphatic carbocycles. The molecule has 0 bridgehead atoms. The maximum Gasteiger partial charge on any atom is 0.0692 e. The lowest BCUT2D eigenvalue weighted by molar-refractivity contribution is 0.880. The Kier molecular flexibility index (Phi) is 4.12. The molecule has 1 unspecified atom stereocenters. The van der Waals surface area contributed by atoms with Crippen molar-refractivity contribution < 1.29 is 0 Å². The highest BCUT2D eigenvalue weighted by Gasteiger charge is 2.10. The summed E-state index contributed by atoms with van der Waals surface area (Å²) in [4.78, 5) is 0. The van der Waals surface area contributed by atoms with Crippen molar-refractivity contribution >= 4 is 45.2 Å². The smallest absolute Gasteiger partial charge is 0.0692 e. The third kappa shape index (κ3) is 2.89. The highest BCUT2D eigenvalue weighted by atomic mass is 127. The summed E-state index contributed by atoms with van der Waals surface area (Å²) in [5, 5.41) is 0. The molecule has 0 radical (unpaired) electrons. The van der Waals surface area contributed by atoms with Crippen LogP contribution >= 0.6 is 45.2 Å². The van der Waals surface area contributed by atoms with Gasteiger partial charge in [-0.3, -0.25) is 0 Å². The Morgan fingerprint density at radius 2 is 1.64 bits per heavy atom. The highest BCUT2D eigenvalue weighted by Crippen LogP contribution is 2.29. The normalized spacial score (nSPS) is 13.5. The minimum absolute atomic E-state index is 0.650. The van der Waals surface area contributed by atoms with Gasteiger partial charge in [0, 0.05) is 5.92 Å². The van der Waals surface area contributed by atoms with E-state index < -0.39 is 0 Å². The summed E-state index contributed by atoms with van der Waals surface area (Å²) in [6, 6.07) is 10.6. The van der Waals surface area contributed by atoms with Gasteiger partial charge in [-0.25, -0.2) is 0 Å². The molecule has 1 aromatic carbocycles. The van der Waals surface area contributed by atoms with Crippen molar-refractivity contribution in [2.24, 2.45) is 0 Å². The van der Waals surface area contributed by atoms with Crippen LogP contribution in [0.3, 0.4) is 0 Å². The van der Waals surface area contributed by atoms with Crippen molar-refractivity contribution in [2.45, 2.75) is 14.8 Å². The molecular formula is C9H10I2. The Morgan fingerprint density at radius 1 is 1.09 bits per heavy atom. The Balaban J connectivity index is 2.77. The molecule has 0 aromatic heterocycles. The number of hydrogen-bond donors (Lipinski definition) is 0. The van der Waals surface area contributed by atoms with Crippen LogP contribution in [0.5, 0.6) is 0 Å². The molecule has 2 heteroatoms. The van der Waals surface area contributed by atoms with E-state index in [2.05, 4.69) is 82.4 Å². The topological polar surface area (TPSA) is 0 Å². The van der Waals surface area contributed by atoms with Crippen LogP contribution in [0, 0.1) is 0 Å². The van der Waals surface area contributed by atoms with Gasteiger partial charge in [0.15, 0.2) is 0 Å². The zero-order chi connectivity index (χ0) is 8.27. The summed E-state index contributed by atoms with van der Waals surface area (Å²) in [6.45, 7) is 2.26. The van der Waals surface area contributed by atoms with Crippen LogP contribution in [0.25, 0.3) is 0 Å². The first kappa shape index (κ1) is 9.77.